The number of carbonyl (C=O) groups is 1. The Kier molecular flexibility index (Phi) is 3.84. The maximum Gasteiger partial charge on any atom is 0.227 e. The summed E-state index contributed by atoms with van der Waals surface area (Å²) in [5, 5.41) is 3.95. The predicted octanol–water partition coefficient (Wildman–Crippen LogP) is 2.81. The van der Waals surface area contributed by atoms with Gasteiger partial charge in [0.2, 0.25) is 5.91 Å². The maximum absolute atomic E-state index is 11.9. The molecule has 1 saturated heterocycles. The summed E-state index contributed by atoms with van der Waals surface area (Å²) >= 11 is 5.98. The molecule has 0 spiro atoms. The van der Waals surface area contributed by atoms with Gasteiger partial charge in [0, 0.05) is 20.0 Å². The molecule has 21 heavy (non-hydrogen) atoms. The Balaban J connectivity index is 1.79. The second kappa shape index (κ2) is 5.77. The lowest BCUT2D eigenvalue weighted by Gasteiger charge is -2.20. The number of hydrogen-bond acceptors (Lipinski definition) is 3. The van der Waals surface area contributed by atoms with Crippen molar-refractivity contribution in [2.45, 2.75) is 19.4 Å². The number of carbonyl (C=O) groups excluding carboxylic acids is 1. The summed E-state index contributed by atoms with van der Waals surface area (Å²) in [6.45, 7) is 1.34. The largest absolute Gasteiger partial charge is 0.376 e. The van der Waals surface area contributed by atoms with Gasteiger partial charge in [-0.1, -0.05) is 23.7 Å². The van der Waals surface area contributed by atoms with Crippen LogP contribution in [0, 0.1) is 0 Å². The van der Waals surface area contributed by atoms with Crippen LogP contribution in [0.3, 0.4) is 0 Å². The molecule has 110 valence electrons. The van der Waals surface area contributed by atoms with Crippen LogP contribution in [0.15, 0.2) is 30.5 Å². The topological polar surface area (TPSA) is 50.2 Å². The molecule has 0 radical (unpaired) electrons. The Morgan fingerprint density at radius 1 is 1.38 bits per heavy atom. The zero-order chi connectivity index (χ0) is 14.8. The fourth-order valence-corrected chi connectivity index (χ4v) is 2.67. The van der Waals surface area contributed by atoms with Crippen LogP contribution >= 0.6 is 11.6 Å². The average Bonchev–Trinajstić information content (AvgIpc) is 3.05. The van der Waals surface area contributed by atoms with Gasteiger partial charge in [0.05, 0.1) is 24.1 Å². The normalized spacial score (nSPS) is 14.8. The van der Waals surface area contributed by atoms with Crippen molar-refractivity contribution in [3.63, 3.8) is 0 Å². The van der Waals surface area contributed by atoms with Crippen LogP contribution in [0.25, 0.3) is 0 Å². The third-order valence-corrected chi connectivity index (χ3v) is 4.08. The zero-order valence-corrected chi connectivity index (χ0v) is 12.6. The van der Waals surface area contributed by atoms with Gasteiger partial charge >= 0.3 is 0 Å². The van der Waals surface area contributed by atoms with E-state index < -0.39 is 0 Å². The number of para-hydroxylation sites is 2. The Labute approximate surface area is 128 Å². The standard InChI is InChI=1S/C15H17ClN4O/c1-19-13(16)9-18-14(19)10-17-11-5-2-3-6-12(11)20-8-4-7-15(20)21/h2-3,5-6,9,17H,4,7-8,10H2,1H3. The lowest BCUT2D eigenvalue weighted by Crippen LogP contribution is -2.24. The van der Waals surface area contributed by atoms with Crippen molar-refractivity contribution in [1.82, 2.24) is 9.55 Å². The first-order chi connectivity index (χ1) is 10.2. The summed E-state index contributed by atoms with van der Waals surface area (Å²) in [5.41, 5.74) is 1.87. The number of rotatable bonds is 4. The highest BCUT2D eigenvalue weighted by Crippen LogP contribution is 2.29. The molecule has 1 fully saturated rings. The van der Waals surface area contributed by atoms with Crippen LogP contribution in [0.2, 0.25) is 5.15 Å². The van der Waals surface area contributed by atoms with Crippen LogP contribution in [0.4, 0.5) is 11.4 Å². The molecular formula is C15H17ClN4O. The molecular weight excluding hydrogens is 288 g/mol. The first-order valence-electron chi connectivity index (χ1n) is 6.96. The SMILES string of the molecule is Cn1c(Cl)cnc1CNc1ccccc1N1CCCC1=O. The van der Waals surface area contributed by atoms with Crippen LogP contribution in [-0.4, -0.2) is 22.0 Å². The van der Waals surface area contributed by atoms with Crippen LogP contribution in [0.1, 0.15) is 18.7 Å². The number of nitrogens with one attached hydrogen (secondary N) is 1. The van der Waals surface area contributed by atoms with Crippen molar-refractivity contribution in [2.75, 3.05) is 16.8 Å². The highest BCUT2D eigenvalue weighted by Gasteiger charge is 2.23. The highest BCUT2D eigenvalue weighted by atomic mass is 35.5. The van der Waals surface area contributed by atoms with Gasteiger partial charge in [-0.05, 0) is 18.6 Å². The molecule has 0 bridgehead atoms. The van der Waals surface area contributed by atoms with Gasteiger partial charge in [0.25, 0.3) is 0 Å². The molecule has 2 heterocycles. The number of benzene rings is 1. The Hall–Kier alpha value is -2.01. The van der Waals surface area contributed by atoms with Crippen molar-refractivity contribution < 1.29 is 4.79 Å². The van der Waals surface area contributed by atoms with Gasteiger partial charge in [0.1, 0.15) is 11.0 Å². The van der Waals surface area contributed by atoms with Crippen molar-refractivity contribution >= 4 is 28.9 Å². The average molecular weight is 305 g/mol. The molecule has 3 rings (SSSR count). The molecule has 0 atom stereocenters. The molecule has 6 heteroatoms. The lowest BCUT2D eigenvalue weighted by atomic mass is 10.2. The highest BCUT2D eigenvalue weighted by molar-refractivity contribution is 6.29. The minimum Gasteiger partial charge on any atom is -0.376 e. The number of nitrogens with zero attached hydrogens (tertiary/aromatic N) is 3. The minimum absolute atomic E-state index is 0.185. The van der Waals surface area contributed by atoms with E-state index in [0.717, 1.165) is 30.2 Å². The molecule has 1 aromatic heterocycles. The van der Waals surface area contributed by atoms with Crippen LogP contribution in [0.5, 0.6) is 0 Å². The third-order valence-electron chi connectivity index (χ3n) is 3.73. The monoisotopic (exact) mass is 304 g/mol. The minimum atomic E-state index is 0.185. The number of aromatic nitrogens is 2. The van der Waals surface area contributed by atoms with Crippen molar-refractivity contribution in [1.29, 1.82) is 0 Å². The number of halogens is 1. The number of amides is 1. The van der Waals surface area contributed by atoms with Gasteiger partial charge in [-0.3, -0.25) is 4.79 Å². The zero-order valence-electron chi connectivity index (χ0n) is 11.8. The van der Waals surface area contributed by atoms with Crippen molar-refractivity contribution in [3.8, 4) is 0 Å². The summed E-state index contributed by atoms with van der Waals surface area (Å²) in [5.74, 6) is 1.03. The summed E-state index contributed by atoms with van der Waals surface area (Å²) in [6.07, 6.45) is 3.18. The van der Waals surface area contributed by atoms with E-state index in [1.54, 1.807) is 6.20 Å². The maximum atomic E-state index is 11.9. The van der Waals surface area contributed by atoms with Gasteiger partial charge in [0.15, 0.2) is 0 Å². The molecule has 5 nitrogen and oxygen atoms in total. The second-order valence-corrected chi connectivity index (χ2v) is 5.46. The summed E-state index contributed by atoms with van der Waals surface area (Å²) < 4.78 is 1.83. The molecule has 1 N–H and O–H groups in total. The molecule has 1 amide bonds. The smallest absolute Gasteiger partial charge is 0.227 e. The van der Waals surface area contributed by atoms with Crippen LogP contribution in [-0.2, 0) is 18.4 Å². The van der Waals surface area contributed by atoms with Gasteiger partial charge < -0.3 is 14.8 Å². The number of anilines is 2. The summed E-state index contributed by atoms with van der Waals surface area (Å²) in [4.78, 5) is 18.0. The van der Waals surface area contributed by atoms with E-state index in [0.29, 0.717) is 18.1 Å². The van der Waals surface area contributed by atoms with Gasteiger partial charge in [-0.25, -0.2) is 4.98 Å². The molecule has 0 aliphatic carbocycles. The second-order valence-electron chi connectivity index (χ2n) is 5.08. The fraction of sp³-hybridized carbons (Fsp3) is 0.333. The van der Waals surface area contributed by atoms with E-state index in [4.69, 9.17) is 11.6 Å². The van der Waals surface area contributed by atoms with E-state index >= 15 is 0 Å². The van der Waals surface area contributed by atoms with E-state index in [2.05, 4.69) is 10.3 Å². The predicted molar refractivity (Wildman–Crippen MR) is 83.6 cm³/mol. The number of imidazole rings is 1. The molecule has 1 aromatic carbocycles. The van der Waals surface area contributed by atoms with E-state index in [-0.39, 0.29) is 5.91 Å². The summed E-state index contributed by atoms with van der Waals surface area (Å²) in [7, 11) is 1.88. The Morgan fingerprint density at radius 2 is 2.19 bits per heavy atom. The van der Waals surface area contributed by atoms with Crippen LogP contribution < -0.4 is 10.2 Å². The molecule has 0 unspecified atom stereocenters. The molecule has 2 aromatic rings. The molecule has 1 aliphatic heterocycles. The molecule has 1 aliphatic rings. The van der Waals surface area contributed by atoms with Crippen molar-refractivity contribution in [3.05, 3.63) is 41.4 Å². The quantitative estimate of drug-likeness (QED) is 0.945. The van der Waals surface area contributed by atoms with E-state index in [9.17, 15) is 4.79 Å². The fourth-order valence-electron chi connectivity index (χ4n) is 2.52. The Bertz CT molecular complexity index is 667. The van der Waals surface area contributed by atoms with Crippen molar-refractivity contribution in [2.24, 2.45) is 7.05 Å². The van der Waals surface area contributed by atoms with E-state index in [1.807, 2.05) is 40.8 Å². The lowest BCUT2D eigenvalue weighted by molar-refractivity contribution is -0.117. The first kappa shape index (κ1) is 13.9. The Morgan fingerprint density at radius 3 is 2.86 bits per heavy atom. The van der Waals surface area contributed by atoms with Gasteiger partial charge in [-0.2, -0.15) is 0 Å². The first-order valence-corrected chi connectivity index (χ1v) is 7.34. The van der Waals surface area contributed by atoms with E-state index in [1.165, 1.54) is 0 Å². The third kappa shape index (κ3) is 2.74. The number of hydrogen-bond donors (Lipinski definition) is 1. The van der Waals surface area contributed by atoms with Gasteiger partial charge in [-0.15, -0.1) is 0 Å². The molecule has 0 saturated carbocycles. The summed E-state index contributed by atoms with van der Waals surface area (Å²) in [6, 6.07) is 7.85.